The minimum Gasteiger partial charge on any atom is -0.507 e. The van der Waals surface area contributed by atoms with Gasteiger partial charge in [-0.3, -0.25) is 14.5 Å². The Bertz CT molecular complexity index is 1230. The number of carbonyl (C=O) groups excluding carboxylic acids is 2. The third-order valence-corrected chi connectivity index (χ3v) is 6.71. The molecule has 1 amide bonds. The van der Waals surface area contributed by atoms with Gasteiger partial charge in [-0.1, -0.05) is 31.2 Å². The van der Waals surface area contributed by atoms with E-state index in [-0.39, 0.29) is 17.4 Å². The van der Waals surface area contributed by atoms with Gasteiger partial charge in [0.2, 0.25) is 0 Å². The standard InChI is InChI=1S/C25H22N2O4S/c1-3-15-4-6-16(7-5-15)21-20(23(29)24(30)27(21)25-26-10-11-32-25)22(28)17-8-9-19-18(13-17)12-14(2)31-19/h4-11,13-14,21,28H,3,12H2,1-2H3/b22-20+/t14-,21+/m1/s1. The fourth-order valence-corrected chi connectivity index (χ4v) is 5.01. The van der Waals surface area contributed by atoms with Crippen LogP contribution in [0.25, 0.3) is 5.76 Å². The molecule has 2 atom stereocenters. The quantitative estimate of drug-likeness (QED) is 0.358. The molecule has 7 heteroatoms. The lowest BCUT2D eigenvalue weighted by atomic mass is 9.94. The Hall–Kier alpha value is -3.45. The maximum Gasteiger partial charge on any atom is 0.301 e. The SMILES string of the molecule is CCc1ccc([C@H]2/C(=C(\O)c3ccc4c(c3)C[C@@H](C)O4)C(=O)C(=O)N2c2nccs2)cc1. The summed E-state index contributed by atoms with van der Waals surface area (Å²) in [6.45, 7) is 4.05. The number of nitrogens with zero attached hydrogens (tertiary/aromatic N) is 2. The number of Topliss-reactive ketones (excluding diaryl/α,β-unsaturated/α-hetero) is 1. The van der Waals surface area contributed by atoms with E-state index >= 15 is 0 Å². The fourth-order valence-electron chi connectivity index (χ4n) is 4.34. The molecule has 0 radical (unpaired) electrons. The van der Waals surface area contributed by atoms with Crippen LogP contribution in [0.4, 0.5) is 5.13 Å². The Kier molecular flexibility index (Phi) is 5.06. The summed E-state index contributed by atoms with van der Waals surface area (Å²) in [5.41, 5.74) is 3.43. The Morgan fingerprint density at radius 2 is 2.00 bits per heavy atom. The number of ether oxygens (including phenoxy) is 1. The van der Waals surface area contributed by atoms with Gasteiger partial charge >= 0.3 is 5.91 Å². The number of benzene rings is 2. The van der Waals surface area contributed by atoms with Crippen molar-refractivity contribution in [3.8, 4) is 5.75 Å². The maximum absolute atomic E-state index is 13.2. The van der Waals surface area contributed by atoms with E-state index < -0.39 is 17.7 Å². The summed E-state index contributed by atoms with van der Waals surface area (Å²) in [5, 5.41) is 13.5. The number of carbonyl (C=O) groups is 2. The third-order valence-electron chi connectivity index (χ3n) is 5.94. The molecule has 3 aromatic rings. The summed E-state index contributed by atoms with van der Waals surface area (Å²) >= 11 is 1.28. The lowest BCUT2D eigenvalue weighted by molar-refractivity contribution is -0.132. The van der Waals surface area contributed by atoms with Crippen LogP contribution in [0.2, 0.25) is 0 Å². The van der Waals surface area contributed by atoms with Crippen molar-refractivity contribution in [3.63, 3.8) is 0 Å². The lowest BCUT2D eigenvalue weighted by Gasteiger charge is -2.23. The van der Waals surface area contributed by atoms with E-state index in [4.69, 9.17) is 4.74 Å². The van der Waals surface area contributed by atoms with E-state index in [1.165, 1.54) is 16.2 Å². The topological polar surface area (TPSA) is 79.7 Å². The largest absolute Gasteiger partial charge is 0.507 e. The highest BCUT2D eigenvalue weighted by molar-refractivity contribution is 7.14. The van der Waals surface area contributed by atoms with Crippen LogP contribution in [-0.4, -0.2) is 27.9 Å². The van der Waals surface area contributed by atoms with Crippen molar-refractivity contribution in [2.24, 2.45) is 0 Å². The molecule has 1 fully saturated rings. The van der Waals surface area contributed by atoms with Gasteiger partial charge in [-0.05, 0) is 48.2 Å². The summed E-state index contributed by atoms with van der Waals surface area (Å²) < 4.78 is 5.75. The summed E-state index contributed by atoms with van der Waals surface area (Å²) in [5.74, 6) is -0.810. The molecule has 0 spiro atoms. The van der Waals surface area contributed by atoms with Crippen molar-refractivity contribution in [1.82, 2.24) is 4.98 Å². The molecule has 2 aromatic carbocycles. The molecular weight excluding hydrogens is 424 g/mol. The fraction of sp³-hybridized carbons (Fsp3) is 0.240. The van der Waals surface area contributed by atoms with Gasteiger partial charge in [0, 0.05) is 23.6 Å². The number of hydrogen-bond donors (Lipinski definition) is 1. The van der Waals surface area contributed by atoms with Crippen molar-refractivity contribution < 1.29 is 19.4 Å². The van der Waals surface area contributed by atoms with Crippen LogP contribution < -0.4 is 9.64 Å². The number of aliphatic hydroxyl groups excluding tert-OH is 1. The minimum atomic E-state index is -0.754. The number of fused-ring (bicyclic) bond motifs is 1. The molecule has 0 saturated carbocycles. The van der Waals surface area contributed by atoms with Crippen LogP contribution in [0.15, 0.2) is 59.6 Å². The monoisotopic (exact) mass is 446 g/mol. The number of anilines is 1. The molecule has 1 aromatic heterocycles. The van der Waals surface area contributed by atoms with Gasteiger partial charge in [0.25, 0.3) is 5.78 Å². The molecule has 0 unspecified atom stereocenters. The van der Waals surface area contributed by atoms with Crippen LogP contribution in [0.5, 0.6) is 5.75 Å². The molecule has 3 heterocycles. The first-order valence-corrected chi connectivity index (χ1v) is 11.4. The number of thiazole rings is 1. The van der Waals surface area contributed by atoms with Gasteiger partial charge in [-0.25, -0.2) is 4.98 Å². The number of rotatable bonds is 4. The Balaban J connectivity index is 1.67. The molecule has 0 bridgehead atoms. The predicted molar refractivity (Wildman–Crippen MR) is 123 cm³/mol. The van der Waals surface area contributed by atoms with Crippen molar-refractivity contribution in [3.05, 3.63) is 81.9 Å². The van der Waals surface area contributed by atoms with Crippen molar-refractivity contribution in [1.29, 1.82) is 0 Å². The second-order valence-corrected chi connectivity index (χ2v) is 8.91. The lowest BCUT2D eigenvalue weighted by Crippen LogP contribution is -2.29. The molecule has 1 N–H and O–H groups in total. The highest BCUT2D eigenvalue weighted by Gasteiger charge is 2.48. The Morgan fingerprint density at radius 3 is 2.69 bits per heavy atom. The van der Waals surface area contributed by atoms with Crippen molar-refractivity contribution in [2.75, 3.05) is 4.90 Å². The zero-order chi connectivity index (χ0) is 22.4. The van der Waals surface area contributed by atoms with Gasteiger partial charge in [-0.15, -0.1) is 11.3 Å². The molecule has 32 heavy (non-hydrogen) atoms. The summed E-state index contributed by atoms with van der Waals surface area (Å²) in [7, 11) is 0. The predicted octanol–water partition coefficient (Wildman–Crippen LogP) is 4.66. The second-order valence-electron chi connectivity index (χ2n) is 8.03. The first kappa shape index (κ1) is 20.5. The van der Waals surface area contributed by atoms with Gasteiger partial charge in [0.15, 0.2) is 5.13 Å². The molecule has 6 nitrogen and oxygen atoms in total. The van der Waals surface area contributed by atoms with Crippen LogP contribution in [0, 0.1) is 0 Å². The maximum atomic E-state index is 13.2. The zero-order valence-corrected chi connectivity index (χ0v) is 18.6. The van der Waals surface area contributed by atoms with E-state index in [1.54, 1.807) is 23.7 Å². The number of ketones is 1. The van der Waals surface area contributed by atoms with E-state index in [9.17, 15) is 14.7 Å². The second kappa shape index (κ2) is 7.91. The van der Waals surface area contributed by atoms with E-state index in [2.05, 4.69) is 11.9 Å². The Morgan fingerprint density at radius 1 is 1.22 bits per heavy atom. The molecule has 5 rings (SSSR count). The number of amides is 1. The molecule has 162 valence electrons. The first-order valence-electron chi connectivity index (χ1n) is 10.6. The third kappa shape index (κ3) is 3.29. The van der Waals surface area contributed by atoms with Crippen LogP contribution in [0.1, 0.15) is 42.1 Å². The average Bonchev–Trinajstić information content (AvgIpc) is 3.51. The number of aryl methyl sites for hydroxylation is 1. The minimum absolute atomic E-state index is 0.0648. The van der Waals surface area contributed by atoms with Gasteiger partial charge in [-0.2, -0.15) is 0 Å². The first-order chi connectivity index (χ1) is 15.5. The molecule has 0 aliphatic carbocycles. The highest BCUT2D eigenvalue weighted by atomic mass is 32.1. The van der Waals surface area contributed by atoms with E-state index in [0.29, 0.717) is 10.7 Å². The van der Waals surface area contributed by atoms with Gasteiger partial charge in [0.05, 0.1) is 11.6 Å². The molecule has 1 saturated heterocycles. The van der Waals surface area contributed by atoms with Crippen LogP contribution in [-0.2, 0) is 22.4 Å². The van der Waals surface area contributed by atoms with Crippen molar-refractivity contribution >= 4 is 33.9 Å². The normalized spacial score (nSPS) is 21.6. The summed E-state index contributed by atoms with van der Waals surface area (Å²) in [6.07, 6.45) is 3.27. The summed E-state index contributed by atoms with van der Waals surface area (Å²) in [4.78, 5) is 31.9. The van der Waals surface area contributed by atoms with E-state index in [0.717, 1.165) is 35.3 Å². The molecular formula is C25H22N2O4S. The number of aromatic nitrogens is 1. The summed E-state index contributed by atoms with van der Waals surface area (Å²) in [6, 6.07) is 12.4. The van der Waals surface area contributed by atoms with Crippen LogP contribution in [0.3, 0.4) is 0 Å². The Labute approximate surface area is 189 Å². The van der Waals surface area contributed by atoms with E-state index in [1.807, 2.05) is 37.3 Å². The van der Waals surface area contributed by atoms with Crippen LogP contribution >= 0.6 is 11.3 Å². The van der Waals surface area contributed by atoms with Crippen molar-refractivity contribution in [2.45, 2.75) is 38.8 Å². The smallest absolute Gasteiger partial charge is 0.301 e. The average molecular weight is 447 g/mol. The zero-order valence-electron chi connectivity index (χ0n) is 17.7. The van der Waals surface area contributed by atoms with Gasteiger partial charge < -0.3 is 9.84 Å². The molecule has 2 aliphatic rings. The number of hydrogen-bond acceptors (Lipinski definition) is 6. The molecule has 2 aliphatic heterocycles. The number of aliphatic hydroxyl groups is 1. The van der Waals surface area contributed by atoms with Gasteiger partial charge in [0.1, 0.15) is 17.6 Å². The highest BCUT2D eigenvalue weighted by Crippen LogP contribution is 2.43.